The summed E-state index contributed by atoms with van der Waals surface area (Å²) in [6.07, 6.45) is 4.32. The maximum absolute atomic E-state index is 12.6. The maximum Gasteiger partial charge on any atom is 0.234 e. The van der Waals surface area contributed by atoms with E-state index in [2.05, 4.69) is 39.8 Å². The van der Waals surface area contributed by atoms with Crippen molar-refractivity contribution in [3.63, 3.8) is 0 Å². The molecule has 0 bridgehead atoms. The van der Waals surface area contributed by atoms with Crippen LogP contribution in [-0.2, 0) is 4.79 Å². The van der Waals surface area contributed by atoms with E-state index < -0.39 is 0 Å². The Hall–Kier alpha value is -1.96. The first-order valence-electron chi connectivity index (χ1n) is 8.71. The number of rotatable bonds is 4. The second kappa shape index (κ2) is 6.88. The molecule has 1 atom stereocenters. The minimum absolute atomic E-state index is 0.344. The van der Waals surface area contributed by atoms with E-state index in [1.165, 1.54) is 16.7 Å². The number of benzene rings is 1. The van der Waals surface area contributed by atoms with Crippen molar-refractivity contribution >= 4 is 17.1 Å². The first kappa shape index (κ1) is 18.4. The third-order valence-electron chi connectivity index (χ3n) is 5.13. The summed E-state index contributed by atoms with van der Waals surface area (Å²) in [5.41, 5.74) is 7.88. The summed E-state index contributed by atoms with van der Waals surface area (Å²) in [6, 6.07) is 2.06. The van der Waals surface area contributed by atoms with Crippen LogP contribution in [0, 0.1) is 13.8 Å². The number of allylic oxidation sites excluding steroid dienone is 4. The number of fused-ring (bicyclic) bond motifs is 1. The topological polar surface area (TPSA) is 34.1 Å². The lowest BCUT2D eigenvalue weighted by Crippen LogP contribution is -2.25. The molecule has 0 heterocycles. The predicted molar refractivity (Wildman–Crippen MR) is 101 cm³/mol. The third kappa shape index (κ3) is 3.15. The lowest BCUT2D eigenvalue weighted by Gasteiger charge is -2.27. The average molecular weight is 324 g/mol. The monoisotopic (exact) mass is 324 g/mol. The molecule has 1 unspecified atom stereocenters. The standard InChI is InChI=1S/C22H28O2/c1-12(2)9-8-10-13(3)18-14(4)11-15(5)19-20(18)16(6)17(7)21(23)22(19)24/h9,11,13H,8,10H2,1-7H3. The number of carbonyl (C=O) groups is 2. The SMILES string of the molecule is CC(C)=CCCC(C)c1c(C)cc(C)c2c1C(C)=C(C)C(=O)C2=O. The molecule has 2 rings (SSSR count). The van der Waals surface area contributed by atoms with Crippen LogP contribution < -0.4 is 0 Å². The minimum atomic E-state index is -0.352. The molecular weight excluding hydrogens is 296 g/mol. The van der Waals surface area contributed by atoms with Gasteiger partial charge in [-0.05, 0) is 88.1 Å². The van der Waals surface area contributed by atoms with Crippen LogP contribution in [0.25, 0.3) is 5.57 Å². The predicted octanol–water partition coefficient (Wildman–Crippen LogP) is 5.71. The Bertz CT molecular complexity index is 772. The van der Waals surface area contributed by atoms with Crippen LogP contribution in [0.1, 0.15) is 86.0 Å². The maximum atomic E-state index is 12.6. The molecule has 1 aromatic rings. The normalized spacial score (nSPS) is 15.5. The van der Waals surface area contributed by atoms with Gasteiger partial charge in [0.15, 0.2) is 0 Å². The van der Waals surface area contributed by atoms with Gasteiger partial charge in [0.1, 0.15) is 0 Å². The molecule has 0 saturated carbocycles. The molecule has 0 spiro atoms. The summed E-state index contributed by atoms with van der Waals surface area (Å²) in [5.74, 6) is -0.350. The molecule has 24 heavy (non-hydrogen) atoms. The van der Waals surface area contributed by atoms with Crippen LogP contribution in [0.5, 0.6) is 0 Å². The first-order valence-corrected chi connectivity index (χ1v) is 8.71. The van der Waals surface area contributed by atoms with Crippen LogP contribution in [-0.4, -0.2) is 11.6 Å². The number of hydrogen-bond donors (Lipinski definition) is 0. The van der Waals surface area contributed by atoms with E-state index in [1.54, 1.807) is 6.92 Å². The van der Waals surface area contributed by atoms with Gasteiger partial charge in [-0.15, -0.1) is 0 Å². The number of Topliss-reactive ketones (excluding diaryl/α,β-unsaturated/α-hetero) is 2. The summed E-state index contributed by atoms with van der Waals surface area (Å²) >= 11 is 0. The molecule has 1 aliphatic carbocycles. The quantitative estimate of drug-likeness (QED) is 0.525. The second-order valence-corrected chi connectivity index (χ2v) is 7.34. The van der Waals surface area contributed by atoms with Crippen molar-refractivity contribution in [3.05, 3.63) is 51.1 Å². The lowest BCUT2D eigenvalue weighted by molar-refractivity contribution is -0.111. The van der Waals surface area contributed by atoms with E-state index in [1.807, 2.05) is 13.8 Å². The Morgan fingerprint density at radius 2 is 1.58 bits per heavy atom. The number of ketones is 2. The number of aryl methyl sites for hydroxylation is 2. The molecule has 2 nitrogen and oxygen atoms in total. The van der Waals surface area contributed by atoms with E-state index in [4.69, 9.17) is 0 Å². The van der Waals surface area contributed by atoms with Crippen molar-refractivity contribution < 1.29 is 9.59 Å². The first-order chi connectivity index (χ1) is 11.2. The van der Waals surface area contributed by atoms with Crippen molar-refractivity contribution in [3.8, 4) is 0 Å². The fraction of sp³-hybridized carbons (Fsp3) is 0.455. The molecule has 0 saturated heterocycles. The van der Waals surface area contributed by atoms with Crippen LogP contribution in [0.2, 0.25) is 0 Å². The minimum Gasteiger partial charge on any atom is -0.285 e. The van der Waals surface area contributed by atoms with Gasteiger partial charge in [-0.3, -0.25) is 9.59 Å². The Labute approximate surface area is 145 Å². The molecule has 0 N–H and O–H groups in total. The van der Waals surface area contributed by atoms with Gasteiger partial charge >= 0.3 is 0 Å². The molecule has 0 amide bonds. The third-order valence-corrected chi connectivity index (χ3v) is 5.13. The van der Waals surface area contributed by atoms with Crippen molar-refractivity contribution in [1.29, 1.82) is 0 Å². The molecule has 2 heteroatoms. The molecule has 0 aromatic heterocycles. The highest BCUT2D eigenvalue weighted by molar-refractivity contribution is 6.52. The Balaban J connectivity index is 2.62. The van der Waals surface area contributed by atoms with Crippen LogP contribution >= 0.6 is 0 Å². The van der Waals surface area contributed by atoms with Crippen molar-refractivity contribution in [2.24, 2.45) is 0 Å². The van der Waals surface area contributed by atoms with Crippen molar-refractivity contribution in [2.45, 2.75) is 67.2 Å². The van der Waals surface area contributed by atoms with Gasteiger partial charge in [0.05, 0.1) is 0 Å². The molecule has 0 aliphatic heterocycles. The lowest BCUT2D eigenvalue weighted by atomic mass is 9.75. The summed E-state index contributed by atoms with van der Waals surface area (Å²) in [4.78, 5) is 24.8. The second-order valence-electron chi connectivity index (χ2n) is 7.34. The molecule has 0 fully saturated rings. The highest BCUT2D eigenvalue weighted by Crippen LogP contribution is 2.39. The highest BCUT2D eigenvalue weighted by Gasteiger charge is 2.33. The Morgan fingerprint density at radius 1 is 0.958 bits per heavy atom. The van der Waals surface area contributed by atoms with Gasteiger partial charge in [-0.2, -0.15) is 0 Å². The van der Waals surface area contributed by atoms with Crippen LogP contribution in [0.15, 0.2) is 23.3 Å². The zero-order valence-electron chi connectivity index (χ0n) is 16.0. The van der Waals surface area contributed by atoms with E-state index in [0.29, 0.717) is 17.1 Å². The zero-order chi connectivity index (χ0) is 18.2. The molecule has 128 valence electrons. The molecule has 0 radical (unpaired) electrons. The summed E-state index contributed by atoms with van der Waals surface area (Å²) < 4.78 is 0. The summed E-state index contributed by atoms with van der Waals surface area (Å²) in [5, 5.41) is 0. The smallest absolute Gasteiger partial charge is 0.234 e. The largest absolute Gasteiger partial charge is 0.285 e. The van der Waals surface area contributed by atoms with Crippen molar-refractivity contribution in [1.82, 2.24) is 0 Å². The van der Waals surface area contributed by atoms with Gasteiger partial charge in [0.2, 0.25) is 11.6 Å². The summed E-state index contributed by atoms with van der Waals surface area (Å²) in [6.45, 7) is 14.2. The van der Waals surface area contributed by atoms with E-state index in [9.17, 15) is 9.59 Å². The van der Waals surface area contributed by atoms with Gasteiger partial charge in [-0.1, -0.05) is 24.6 Å². The van der Waals surface area contributed by atoms with Crippen LogP contribution in [0.4, 0.5) is 0 Å². The van der Waals surface area contributed by atoms with Crippen LogP contribution in [0.3, 0.4) is 0 Å². The van der Waals surface area contributed by atoms with Gasteiger partial charge in [0, 0.05) is 11.1 Å². The fourth-order valence-electron chi connectivity index (χ4n) is 3.73. The zero-order valence-corrected chi connectivity index (χ0v) is 16.0. The molecule has 1 aromatic carbocycles. The average Bonchev–Trinajstić information content (AvgIpc) is 2.49. The van der Waals surface area contributed by atoms with Gasteiger partial charge < -0.3 is 0 Å². The number of hydrogen-bond acceptors (Lipinski definition) is 2. The molecule has 1 aliphatic rings. The number of carbonyl (C=O) groups excluding carboxylic acids is 2. The van der Waals surface area contributed by atoms with E-state index in [0.717, 1.165) is 29.5 Å². The van der Waals surface area contributed by atoms with E-state index in [-0.39, 0.29) is 11.6 Å². The van der Waals surface area contributed by atoms with Gasteiger partial charge in [0.25, 0.3) is 0 Å². The Morgan fingerprint density at radius 3 is 2.17 bits per heavy atom. The highest BCUT2D eigenvalue weighted by atomic mass is 16.2. The molecular formula is C22H28O2. The van der Waals surface area contributed by atoms with E-state index >= 15 is 0 Å². The van der Waals surface area contributed by atoms with Gasteiger partial charge in [-0.25, -0.2) is 0 Å². The Kier molecular flexibility index (Phi) is 5.27. The summed E-state index contributed by atoms with van der Waals surface area (Å²) in [7, 11) is 0. The fourth-order valence-corrected chi connectivity index (χ4v) is 3.73. The van der Waals surface area contributed by atoms with Crippen molar-refractivity contribution in [2.75, 3.05) is 0 Å².